The van der Waals surface area contributed by atoms with Crippen molar-refractivity contribution in [3.8, 4) is 5.75 Å². The van der Waals surface area contributed by atoms with Gasteiger partial charge in [-0.1, -0.05) is 13.0 Å². The minimum absolute atomic E-state index is 0.354. The van der Waals surface area contributed by atoms with Crippen LogP contribution in [0.3, 0.4) is 0 Å². The maximum atomic E-state index is 11.5. The van der Waals surface area contributed by atoms with E-state index in [1.807, 2.05) is 25.1 Å². The van der Waals surface area contributed by atoms with Gasteiger partial charge in [-0.25, -0.2) is 4.98 Å². The van der Waals surface area contributed by atoms with Crippen LogP contribution >= 0.6 is 0 Å². The molecule has 0 atom stereocenters. The molecule has 0 aliphatic carbocycles. The van der Waals surface area contributed by atoms with Crippen LogP contribution in [0.2, 0.25) is 0 Å². The number of aromatic nitrogens is 2. The van der Waals surface area contributed by atoms with Gasteiger partial charge in [-0.2, -0.15) is 0 Å². The summed E-state index contributed by atoms with van der Waals surface area (Å²) in [6.45, 7) is 6.62. The number of imidazole rings is 1. The highest BCUT2D eigenvalue weighted by atomic mass is 16.5. The molecule has 0 saturated carbocycles. The third-order valence-corrected chi connectivity index (χ3v) is 3.45. The first-order valence-corrected chi connectivity index (χ1v) is 7.04. The van der Waals surface area contributed by atoms with Crippen molar-refractivity contribution in [3.63, 3.8) is 0 Å². The van der Waals surface area contributed by atoms with Crippen LogP contribution in [0.4, 0.5) is 5.95 Å². The van der Waals surface area contributed by atoms with E-state index in [0.717, 1.165) is 11.9 Å². The van der Waals surface area contributed by atoms with Gasteiger partial charge in [0.25, 0.3) is 0 Å². The number of amides is 1. The van der Waals surface area contributed by atoms with Crippen LogP contribution in [0.15, 0.2) is 18.2 Å². The average molecular weight is 290 g/mol. The minimum atomic E-state index is -0.706. The van der Waals surface area contributed by atoms with E-state index in [0.29, 0.717) is 30.4 Å². The SMILES string of the molecule is CCCOc1cccc2c1nc(N)n2CC(C)(C)C(N)=O. The molecule has 0 bridgehead atoms. The van der Waals surface area contributed by atoms with E-state index < -0.39 is 5.41 Å². The number of para-hydroxylation sites is 1. The summed E-state index contributed by atoms with van der Waals surface area (Å²) in [6.07, 6.45) is 0.918. The maximum Gasteiger partial charge on any atom is 0.224 e. The van der Waals surface area contributed by atoms with Crippen molar-refractivity contribution in [1.82, 2.24) is 9.55 Å². The summed E-state index contributed by atoms with van der Waals surface area (Å²) < 4.78 is 7.50. The molecule has 1 aromatic heterocycles. The lowest BCUT2D eigenvalue weighted by molar-refractivity contribution is -0.126. The lowest BCUT2D eigenvalue weighted by Gasteiger charge is -2.22. The van der Waals surface area contributed by atoms with Gasteiger partial charge in [0.1, 0.15) is 11.3 Å². The Labute approximate surface area is 124 Å². The fourth-order valence-corrected chi connectivity index (χ4v) is 2.11. The molecule has 0 fully saturated rings. The molecule has 6 heteroatoms. The van der Waals surface area contributed by atoms with E-state index in [9.17, 15) is 4.79 Å². The summed E-state index contributed by atoms with van der Waals surface area (Å²) in [6, 6.07) is 5.67. The number of primary amides is 1. The second kappa shape index (κ2) is 5.63. The molecule has 0 unspecified atom stereocenters. The Bertz CT molecular complexity index is 661. The van der Waals surface area contributed by atoms with E-state index in [1.54, 1.807) is 18.4 Å². The van der Waals surface area contributed by atoms with E-state index in [1.165, 1.54) is 0 Å². The number of rotatable bonds is 6. The Balaban J connectivity index is 2.46. The minimum Gasteiger partial charge on any atom is -0.491 e. The molecule has 1 heterocycles. The van der Waals surface area contributed by atoms with Crippen molar-refractivity contribution < 1.29 is 9.53 Å². The van der Waals surface area contributed by atoms with Crippen molar-refractivity contribution in [3.05, 3.63) is 18.2 Å². The second-order valence-corrected chi connectivity index (χ2v) is 5.78. The van der Waals surface area contributed by atoms with Crippen LogP contribution in [-0.4, -0.2) is 22.1 Å². The lowest BCUT2D eigenvalue weighted by atomic mass is 9.92. The summed E-state index contributed by atoms with van der Waals surface area (Å²) in [5, 5.41) is 0. The number of nitrogens with zero attached hydrogens (tertiary/aromatic N) is 2. The Morgan fingerprint density at radius 3 is 2.76 bits per heavy atom. The third kappa shape index (κ3) is 2.94. The molecule has 1 amide bonds. The molecule has 0 aliphatic heterocycles. The van der Waals surface area contributed by atoms with Crippen molar-refractivity contribution >= 4 is 22.9 Å². The normalized spacial score (nSPS) is 11.8. The van der Waals surface area contributed by atoms with Gasteiger partial charge in [-0.15, -0.1) is 0 Å². The summed E-state index contributed by atoms with van der Waals surface area (Å²) >= 11 is 0. The van der Waals surface area contributed by atoms with Crippen molar-refractivity contribution in [1.29, 1.82) is 0 Å². The monoisotopic (exact) mass is 290 g/mol. The molecule has 0 saturated heterocycles. The van der Waals surface area contributed by atoms with Crippen LogP contribution in [0.25, 0.3) is 11.0 Å². The summed E-state index contributed by atoms with van der Waals surface area (Å²) in [5.41, 5.74) is 12.3. The zero-order chi connectivity index (χ0) is 15.6. The topological polar surface area (TPSA) is 96.2 Å². The molecule has 0 radical (unpaired) electrons. The Morgan fingerprint density at radius 2 is 2.14 bits per heavy atom. The van der Waals surface area contributed by atoms with E-state index >= 15 is 0 Å². The van der Waals surface area contributed by atoms with Crippen molar-refractivity contribution in [2.24, 2.45) is 11.1 Å². The first kappa shape index (κ1) is 15.2. The number of hydrogen-bond donors (Lipinski definition) is 2. The van der Waals surface area contributed by atoms with Crippen molar-refractivity contribution in [2.45, 2.75) is 33.7 Å². The van der Waals surface area contributed by atoms with Gasteiger partial charge in [0.05, 0.1) is 17.5 Å². The molecule has 4 N–H and O–H groups in total. The number of anilines is 1. The van der Waals surface area contributed by atoms with Gasteiger partial charge >= 0.3 is 0 Å². The number of benzene rings is 1. The molecule has 114 valence electrons. The largest absolute Gasteiger partial charge is 0.491 e. The first-order chi connectivity index (χ1) is 9.86. The summed E-state index contributed by atoms with van der Waals surface area (Å²) in [7, 11) is 0. The zero-order valence-corrected chi connectivity index (χ0v) is 12.7. The predicted octanol–water partition coefficient (Wildman–Crippen LogP) is 1.92. The molecule has 0 aliphatic rings. The molecule has 0 spiro atoms. The molecule has 6 nitrogen and oxygen atoms in total. The second-order valence-electron chi connectivity index (χ2n) is 5.78. The van der Waals surface area contributed by atoms with Crippen molar-refractivity contribution in [2.75, 3.05) is 12.3 Å². The molecule has 1 aromatic carbocycles. The zero-order valence-electron chi connectivity index (χ0n) is 12.7. The highest BCUT2D eigenvalue weighted by Gasteiger charge is 2.27. The number of ether oxygens (including phenoxy) is 1. The van der Waals surface area contributed by atoms with E-state index in [4.69, 9.17) is 16.2 Å². The average Bonchev–Trinajstić information content (AvgIpc) is 2.73. The molecular weight excluding hydrogens is 268 g/mol. The highest BCUT2D eigenvalue weighted by Crippen LogP contribution is 2.30. The van der Waals surface area contributed by atoms with Gasteiger partial charge < -0.3 is 20.8 Å². The van der Waals surface area contributed by atoms with Crippen LogP contribution in [0.5, 0.6) is 5.75 Å². The smallest absolute Gasteiger partial charge is 0.224 e. The van der Waals surface area contributed by atoms with Crippen LogP contribution in [-0.2, 0) is 11.3 Å². The fourth-order valence-electron chi connectivity index (χ4n) is 2.11. The number of nitrogen functional groups attached to an aromatic ring is 1. The number of fused-ring (bicyclic) bond motifs is 1. The van der Waals surface area contributed by atoms with Crippen LogP contribution in [0, 0.1) is 5.41 Å². The number of hydrogen-bond acceptors (Lipinski definition) is 4. The fraction of sp³-hybridized carbons (Fsp3) is 0.467. The summed E-state index contributed by atoms with van der Waals surface area (Å²) in [5.74, 6) is 0.686. The highest BCUT2D eigenvalue weighted by molar-refractivity contribution is 5.85. The number of carbonyl (C=O) groups excluding carboxylic acids is 1. The molecular formula is C15H22N4O2. The standard InChI is InChI=1S/C15H22N4O2/c1-4-8-21-11-7-5-6-10-12(11)18-14(17)19(10)9-15(2,3)13(16)20/h5-7H,4,8-9H2,1-3H3,(H2,16,20)(H2,17,18). The Kier molecular flexibility index (Phi) is 4.06. The van der Waals surface area contributed by atoms with Gasteiger partial charge in [0, 0.05) is 6.54 Å². The van der Waals surface area contributed by atoms with Crippen LogP contribution < -0.4 is 16.2 Å². The predicted molar refractivity (Wildman–Crippen MR) is 82.9 cm³/mol. The van der Waals surface area contributed by atoms with E-state index in [-0.39, 0.29) is 5.91 Å². The molecule has 2 rings (SSSR count). The van der Waals surface area contributed by atoms with E-state index in [2.05, 4.69) is 4.98 Å². The summed E-state index contributed by atoms with van der Waals surface area (Å²) in [4.78, 5) is 15.9. The molecule has 2 aromatic rings. The third-order valence-electron chi connectivity index (χ3n) is 3.45. The van der Waals surface area contributed by atoms with Gasteiger partial charge in [0.2, 0.25) is 11.9 Å². The van der Waals surface area contributed by atoms with Gasteiger partial charge in [0.15, 0.2) is 0 Å². The molecule has 21 heavy (non-hydrogen) atoms. The maximum absolute atomic E-state index is 11.5. The Morgan fingerprint density at radius 1 is 1.43 bits per heavy atom. The van der Waals surface area contributed by atoms with Crippen LogP contribution in [0.1, 0.15) is 27.2 Å². The number of nitrogens with two attached hydrogens (primary N) is 2. The first-order valence-electron chi connectivity index (χ1n) is 7.04. The Hall–Kier alpha value is -2.24. The lowest BCUT2D eigenvalue weighted by Crippen LogP contribution is -2.35. The number of carbonyl (C=O) groups is 1. The quantitative estimate of drug-likeness (QED) is 0.849. The van der Waals surface area contributed by atoms with Gasteiger partial charge in [-0.05, 0) is 32.4 Å². The van der Waals surface area contributed by atoms with Gasteiger partial charge in [-0.3, -0.25) is 4.79 Å².